The number of rotatable bonds is 3. The number of aromatic nitrogens is 2. The monoisotopic (exact) mass is 199 g/mol. The van der Waals surface area contributed by atoms with Crippen LogP contribution >= 0.6 is 0 Å². The van der Waals surface area contributed by atoms with Gasteiger partial charge in [-0.3, -0.25) is 4.68 Å². The molecule has 1 aromatic heterocycles. The van der Waals surface area contributed by atoms with Crippen LogP contribution in [0.2, 0.25) is 0 Å². The standard InChI is InChI=1S/C13H15N2/c1-3-9-15-11(2)10-13(14-15)12-7-5-4-6-8-12/h4-8,10H,1,3,9H2,2H3. The zero-order valence-corrected chi connectivity index (χ0v) is 8.98. The van der Waals surface area contributed by atoms with E-state index >= 15 is 0 Å². The van der Waals surface area contributed by atoms with Gasteiger partial charge in [-0.15, -0.1) is 0 Å². The highest BCUT2D eigenvalue weighted by molar-refractivity contribution is 5.58. The van der Waals surface area contributed by atoms with Crippen molar-refractivity contribution in [2.75, 3.05) is 0 Å². The molecule has 2 nitrogen and oxygen atoms in total. The predicted octanol–water partition coefficient (Wildman–Crippen LogP) is 3.08. The van der Waals surface area contributed by atoms with Crippen LogP contribution in [0.15, 0.2) is 36.4 Å². The second-order valence-corrected chi connectivity index (χ2v) is 3.61. The van der Waals surface area contributed by atoms with Gasteiger partial charge in [-0.1, -0.05) is 37.3 Å². The Kier molecular flexibility index (Phi) is 2.86. The molecule has 0 atom stereocenters. The Labute approximate surface area is 90.6 Å². The molecule has 0 saturated heterocycles. The van der Waals surface area contributed by atoms with Crippen LogP contribution in [0.3, 0.4) is 0 Å². The summed E-state index contributed by atoms with van der Waals surface area (Å²) in [6, 6.07) is 12.4. The van der Waals surface area contributed by atoms with Crippen LogP contribution in [0, 0.1) is 13.8 Å². The molecule has 1 radical (unpaired) electrons. The highest BCUT2D eigenvalue weighted by atomic mass is 15.3. The van der Waals surface area contributed by atoms with E-state index in [-0.39, 0.29) is 0 Å². The van der Waals surface area contributed by atoms with Crippen LogP contribution in [0.25, 0.3) is 11.3 Å². The molecule has 0 aliphatic rings. The summed E-state index contributed by atoms with van der Waals surface area (Å²) in [7, 11) is 0. The molecule has 0 fully saturated rings. The summed E-state index contributed by atoms with van der Waals surface area (Å²) >= 11 is 0. The first-order valence-corrected chi connectivity index (χ1v) is 5.20. The minimum atomic E-state index is 0.872. The Hall–Kier alpha value is -1.57. The van der Waals surface area contributed by atoms with Gasteiger partial charge in [-0.05, 0) is 19.4 Å². The first-order valence-electron chi connectivity index (χ1n) is 5.20. The molecule has 2 heteroatoms. The van der Waals surface area contributed by atoms with Gasteiger partial charge >= 0.3 is 0 Å². The molecule has 1 heterocycles. The van der Waals surface area contributed by atoms with Gasteiger partial charge in [0.05, 0.1) is 5.69 Å². The van der Waals surface area contributed by atoms with E-state index in [1.807, 2.05) is 22.9 Å². The van der Waals surface area contributed by atoms with E-state index in [9.17, 15) is 0 Å². The maximum absolute atomic E-state index is 4.55. The summed E-state index contributed by atoms with van der Waals surface area (Å²) < 4.78 is 2.01. The van der Waals surface area contributed by atoms with Crippen molar-refractivity contribution in [3.8, 4) is 11.3 Å². The van der Waals surface area contributed by atoms with Crippen LogP contribution in [-0.2, 0) is 6.54 Å². The largest absolute Gasteiger partial charge is 0.269 e. The van der Waals surface area contributed by atoms with Crippen LogP contribution in [-0.4, -0.2) is 9.78 Å². The van der Waals surface area contributed by atoms with E-state index in [1.165, 1.54) is 11.3 Å². The Morgan fingerprint density at radius 1 is 1.27 bits per heavy atom. The molecule has 0 N–H and O–H groups in total. The maximum atomic E-state index is 4.55. The van der Waals surface area contributed by atoms with Crippen LogP contribution in [0.4, 0.5) is 0 Å². The summed E-state index contributed by atoms with van der Waals surface area (Å²) in [6.07, 6.45) is 0.872. The number of hydrogen-bond acceptors (Lipinski definition) is 1. The van der Waals surface area contributed by atoms with Gasteiger partial charge in [0, 0.05) is 17.8 Å². The third-order valence-corrected chi connectivity index (χ3v) is 2.42. The summed E-state index contributed by atoms with van der Waals surface area (Å²) in [5.74, 6) is 0. The molecule has 0 saturated carbocycles. The second-order valence-electron chi connectivity index (χ2n) is 3.61. The molecule has 0 spiro atoms. The third kappa shape index (κ3) is 2.09. The third-order valence-electron chi connectivity index (χ3n) is 2.42. The zero-order valence-electron chi connectivity index (χ0n) is 8.98. The van der Waals surface area contributed by atoms with E-state index in [4.69, 9.17) is 0 Å². The van der Waals surface area contributed by atoms with E-state index in [2.05, 4.69) is 37.1 Å². The van der Waals surface area contributed by atoms with Gasteiger partial charge < -0.3 is 0 Å². The molecule has 0 unspecified atom stereocenters. The minimum absolute atomic E-state index is 0.872. The first-order chi connectivity index (χ1) is 7.31. The zero-order chi connectivity index (χ0) is 10.7. The molecule has 2 aromatic rings. The summed E-state index contributed by atoms with van der Waals surface area (Å²) in [4.78, 5) is 0. The molecule has 15 heavy (non-hydrogen) atoms. The fraction of sp³-hybridized carbons (Fsp3) is 0.231. The molecule has 0 amide bonds. The molecule has 0 bridgehead atoms. The lowest BCUT2D eigenvalue weighted by Crippen LogP contribution is -2.00. The van der Waals surface area contributed by atoms with E-state index in [0.717, 1.165) is 18.7 Å². The quantitative estimate of drug-likeness (QED) is 0.742. The highest BCUT2D eigenvalue weighted by Crippen LogP contribution is 2.18. The number of hydrogen-bond donors (Lipinski definition) is 0. The van der Waals surface area contributed by atoms with Crippen LogP contribution in [0.5, 0.6) is 0 Å². The fourth-order valence-electron chi connectivity index (χ4n) is 1.64. The predicted molar refractivity (Wildman–Crippen MR) is 62.4 cm³/mol. The van der Waals surface area contributed by atoms with Crippen molar-refractivity contribution in [2.24, 2.45) is 0 Å². The van der Waals surface area contributed by atoms with Gasteiger partial charge in [0.15, 0.2) is 0 Å². The lowest BCUT2D eigenvalue weighted by molar-refractivity contribution is 0.607. The van der Waals surface area contributed by atoms with Crippen molar-refractivity contribution in [3.05, 3.63) is 49.0 Å². The van der Waals surface area contributed by atoms with Crippen molar-refractivity contribution in [1.82, 2.24) is 9.78 Å². The molecule has 0 aliphatic heterocycles. The van der Waals surface area contributed by atoms with Crippen molar-refractivity contribution in [2.45, 2.75) is 19.9 Å². The van der Waals surface area contributed by atoms with Crippen molar-refractivity contribution >= 4 is 0 Å². The normalized spacial score (nSPS) is 10.5. The summed E-state index contributed by atoms with van der Waals surface area (Å²) in [5.41, 5.74) is 3.41. The molecule has 0 aliphatic carbocycles. The number of nitrogens with zero attached hydrogens (tertiary/aromatic N) is 2. The molecule has 1 aromatic carbocycles. The Morgan fingerprint density at radius 2 is 2.00 bits per heavy atom. The Bertz CT molecular complexity index is 429. The van der Waals surface area contributed by atoms with Gasteiger partial charge in [0.25, 0.3) is 0 Å². The van der Waals surface area contributed by atoms with E-state index < -0.39 is 0 Å². The minimum Gasteiger partial charge on any atom is -0.269 e. The maximum Gasteiger partial charge on any atom is 0.0925 e. The van der Waals surface area contributed by atoms with Gasteiger partial charge in [-0.2, -0.15) is 5.10 Å². The molecule has 2 rings (SSSR count). The smallest absolute Gasteiger partial charge is 0.0925 e. The van der Waals surface area contributed by atoms with Crippen molar-refractivity contribution < 1.29 is 0 Å². The number of aryl methyl sites for hydroxylation is 2. The van der Waals surface area contributed by atoms with Crippen LogP contribution in [0.1, 0.15) is 12.1 Å². The average molecular weight is 199 g/mol. The van der Waals surface area contributed by atoms with E-state index in [0.29, 0.717) is 0 Å². The Balaban J connectivity index is 2.34. The van der Waals surface area contributed by atoms with Crippen LogP contribution < -0.4 is 0 Å². The van der Waals surface area contributed by atoms with Gasteiger partial charge in [-0.25, -0.2) is 0 Å². The first kappa shape index (κ1) is 9.97. The lowest BCUT2D eigenvalue weighted by Gasteiger charge is -1.99. The highest BCUT2D eigenvalue weighted by Gasteiger charge is 2.04. The van der Waals surface area contributed by atoms with E-state index in [1.54, 1.807) is 0 Å². The average Bonchev–Trinajstić information content (AvgIpc) is 2.63. The fourth-order valence-corrected chi connectivity index (χ4v) is 1.64. The van der Waals surface area contributed by atoms with Gasteiger partial charge in [0.1, 0.15) is 0 Å². The molecular formula is C13H15N2. The number of benzene rings is 1. The SMILES string of the molecule is [CH2]CCn1nc(-c2ccccc2)cc1C. The van der Waals surface area contributed by atoms with Gasteiger partial charge in [0.2, 0.25) is 0 Å². The topological polar surface area (TPSA) is 17.8 Å². The molecular weight excluding hydrogens is 184 g/mol. The van der Waals surface area contributed by atoms with Crippen molar-refractivity contribution in [1.29, 1.82) is 0 Å². The summed E-state index contributed by atoms with van der Waals surface area (Å²) in [6.45, 7) is 6.81. The second kappa shape index (κ2) is 4.30. The molecule has 77 valence electrons. The lowest BCUT2D eigenvalue weighted by atomic mass is 10.1. The summed E-state index contributed by atoms with van der Waals surface area (Å²) in [5, 5.41) is 4.55. The van der Waals surface area contributed by atoms with Crippen molar-refractivity contribution in [3.63, 3.8) is 0 Å². The Morgan fingerprint density at radius 3 is 2.67 bits per heavy atom.